The first-order chi connectivity index (χ1) is 3.88. The van der Waals surface area contributed by atoms with Gasteiger partial charge in [-0.15, -0.1) is 0 Å². The van der Waals surface area contributed by atoms with E-state index in [9.17, 15) is 0 Å². The van der Waals surface area contributed by atoms with Gasteiger partial charge >= 0.3 is 0 Å². The van der Waals surface area contributed by atoms with Crippen molar-refractivity contribution in [3.63, 3.8) is 0 Å². The van der Waals surface area contributed by atoms with Crippen LogP contribution in [0.15, 0.2) is 0 Å². The van der Waals surface area contributed by atoms with E-state index in [2.05, 4.69) is 20.8 Å². The van der Waals surface area contributed by atoms with E-state index >= 15 is 0 Å². The Kier molecular flexibility index (Phi) is 1.12. The van der Waals surface area contributed by atoms with E-state index in [-0.39, 0.29) is 0 Å². The topological polar surface area (TPSA) is 3.24 Å². The Hall–Kier alpha value is 0.440. The lowest BCUT2D eigenvalue weighted by Crippen LogP contribution is -2.39. The van der Waals surface area contributed by atoms with Crippen LogP contribution in [0.3, 0.4) is 0 Å². The Morgan fingerprint density at radius 2 is 2.00 bits per heavy atom. The Labute approximate surface area is 58.2 Å². The smallest absolute Gasteiger partial charge is 0.0317 e. The van der Waals surface area contributed by atoms with E-state index in [1.54, 1.807) is 0 Å². The minimum Gasteiger partial charge on any atom is -0.299 e. The molecule has 1 saturated carbocycles. The zero-order valence-corrected chi connectivity index (χ0v) is 6.39. The van der Waals surface area contributed by atoms with E-state index in [1.165, 1.54) is 25.9 Å². The molecule has 2 rings (SSSR count). The van der Waals surface area contributed by atoms with Crippen molar-refractivity contribution in [2.24, 2.45) is 0 Å². The maximum atomic E-state index is 3.58. The van der Waals surface area contributed by atoms with Crippen LogP contribution in [-0.2, 0) is 0 Å². The molecule has 0 aromatic rings. The Balaban J connectivity index is 1.82. The summed E-state index contributed by atoms with van der Waals surface area (Å²) in [4.78, 5) is 3.39. The molecule has 2 atom stereocenters. The number of nitrogens with zero attached hydrogens (tertiary/aromatic N) is 1. The first-order valence-corrected chi connectivity index (χ1v) is 4.17. The largest absolute Gasteiger partial charge is 0.299 e. The van der Waals surface area contributed by atoms with Gasteiger partial charge in [0.05, 0.1) is 0 Å². The van der Waals surface area contributed by atoms with Gasteiger partial charge in [-0.3, -0.25) is 4.90 Å². The lowest BCUT2D eigenvalue weighted by molar-refractivity contribution is 0.172. The van der Waals surface area contributed by atoms with Gasteiger partial charge in [-0.25, -0.2) is 0 Å². The highest BCUT2D eigenvalue weighted by Gasteiger charge is 2.41. The van der Waals surface area contributed by atoms with Crippen molar-refractivity contribution < 1.29 is 0 Å². The molecule has 1 nitrogen and oxygen atoms in total. The highest BCUT2D eigenvalue weighted by atomic mass is 79.9. The molecule has 0 aromatic carbocycles. The van der Waals surface area contributed by atoms with Crippen LogP contribution < -0.4 is 0 Å². The zero-order chi connectivity index (χ0) is 5.56. The molecule has 0 radical (unpaired) electrons. The Bertz CT molecular complexity index is 97.9. The third kappa shape index (κ3) is 0.705. The predicted octanol–water partition coefficient (Wildman–Crippen LogP) is 1.23. The lowest BCUT2D eigenvalue weighted by Gasteiger charge is -2.30. The molecule has 2 heteroatoms. The summed E-state index contributed by atoms with van der Waals surface area (Å²) in [5, 5.41) is 0. The zero-order valence-electron chi connectivity index (χ0n) is 4.81. The predicted molar refractivity (Wildman–Crippen MR) is 37.3 cm³/mol. The molecule has 1 aliphatic heterocycles. The summed E-state index contributed by atoms with van der Waals surface area (Å²) in [5.41, 5.74) is 0. The van der Waals surface area contributed by atoms with Gasteiger partial charge < -0.3 is 0 Å². The number of likely N-dealkylation sites (tertiary alicyclic amines) is 1. The second kappa shape index (κ2) is 1.71. The Morgan fingerprint density at radius 1 is 1.38 bits per heavy atom. The van der Waals surface area contributed by atoms with Crippen LogP contribution in [-0.4, -0.2) is 28.9 Å². The summed E-state index contributed by atoms with van der Waals surface area (Å²) in [6.07, 6.45) is 2.82. The molecule has 1 aliphatic carbocycles. The van der Waals surface area contributed by atoms with Gasteiger partial charge in [0.15, 0.2) is 0 Å². The van der Waals surface area contributed by atoms with Gasteiger partial charge in [-0.05, 0) is 25.9 Å². The van der Waals surface area contributed by atoms with Crippen molar-refractivity contribution in [3.05, 3.63) is 0 Å². The summed E-state index contributed by atoms with van der Waals surface area (Å²) < 4.78 is 0. The molecule has 2 unspecified atom stereocenters. The third-order valence-corrected chi connectivity index (χ3v) is 3.02. The number of halogens is 1. The fraction of sp³-hybridized carbons (Fsp3) is 1.00. The summed E-state index contributed by atoms with van der Waals surface area (Å²) in [7, 11) is 0. The molecule has 1 saturated heterocycles. The van der Waals surface area contributed by atoms with Crippen LogP contribution in [0.5, 0.6) is 0 Å². The van der Waals surface area contributed by atoms with Crippen LogP contribution in [0.25, 0.3) is 0 Å². The maximum Gasteiger partial charge on any atom is 0.0317 e. The molecule has 46 valence electrons. The monoisotopic (exact) mass is 175 g/mol. The van der Waals surface area contributed by atoms with Crippen molar-refractivity contribution in [2.75, 3.05) is 13.1 Å². The van der Waals surface area contributed by atoms with Crippen molar-refractivity contribution in [1.29, 1.82) is 0 Å². The molecule has 0 aromatic heterocycles. The molecular formula is C6H10BrN. The molecule has 2 fully saturated rings. The fourth-order valence-corrected chi connectivity index (χ4v) is 1.92. The van der Waals surface area contributed by atoms with Crippen LogP contribution >= 0.6 is 15.9 Å². The van der Waals surface area contributed by atoms with Gasteiger partial charge in [-0.2, -0.15) is 0 Å². The van der Waals surface area contributed by atoms with Crippen LogP contribution in [0.1, 0.15) is 12.8 Å². The second-order valence-corrected chi connectivity index (χ2v) is 3.88. The quantitative estimate of drug-likeness (QED) is 0.543. The molecular weight excluding hydrogens is 166 g/mol. The van der Waals surface area contributed by atoms with Crippen LogP contribution in [0, 0.1) is 0 Å². The second-order valence-electron chi connectivity index (χ2n) is 2.71. The summed E-state index contributed by atoms with van der Waals surface area (Å²) in [5.74, 6) is 0. The SMILES string of the molecule is BrC1CC1N1CCC1. The standard InChI is InChI=1S/C6H10BrN/c7-5-4-6(5)8-2-1-3-8/h5-6H,1-4H2. The van der Waals surface area contributed by atoms with Gasteiger partial charge in [0.25, 0.3) is 0 Å². The molecule has 0 N–H and O–H groups in total. The van der Waals surface area contributed by atoms with Crippen molar-refractivity contribution in [3.8, 4) is 0 Å². The average Bonchev–Trinajstić information content (AvgIpc) is 2.13. The summed E-state index contributed by atoms with van der Waals surface area (Å²) >= 11 is 3.58. The maximum absolute atomic E-state index is 3.58. The van der Waals surface area contributed by atoms with Crippen molar-refractivity contribution in [1.82, 2.24) is 4.90 Å². The van der Waals surface area contributed by atoms with Gasteiger partial charge in [-0.1, -0.05) is 15.9 Å². The highest BCUT2D eigenvalue weighted by Crippen LogP contribution is 2.37. The number of hydrogen-bond donors (Lipinski definition) is 0. The first-order valence-electron chi connectivity index (χ1n) is 3.26. The fourth-order valence-electron chi connectivity index (χ4n) is 1.20. The number of hydrogen-bond acceptors (Lipinski definition) is 1. The van der Waals surface area contributed by atoms with E-state index in [4.69, 9.17) is 0 Å². The highest BCUT2D eigenvalue weighted by molar-refractivity contribution is 9.09. The molecule has 2 aliphatic rings. The van der Waals surface area contributed by atoms with E-state index in [0.29, 0.717) is 0 Å². The minimum atomic E-state index is 0.836. The van der Waals surface area contributed by atoms with E-state index in [1.807, 2.05) is 0 Å². The lowest BCUT2D eigenvalue weighted by atomic mass is 10.2. The molecule has 0 spiro atoms. The van der Waals surface area contributed by atoms with Crippen LogP contribution in [0.4, 0.5) is 0 Å². The average molecular weight is 176 g/mol. The molecule has 1 heterocycles. The summed E-state index contributed by atoms with van der Waals surface area (Å²) in [6, 6.07) is 0.920. The first kappa shape index (κ1) is 5.24. The summed E-state index contributed by atoms with van der Waals surface area (Å²) in [6.45, 7) is 2.71. The number of alkyl halides is 1. The van der Waals surface area contributed by atoms with Gasteiger partial charge in [0.2, 0.25) is 0 Å². The van der Waals surface area contributed by atoms with Crippen LogP contribution in [0.2, 0.25) is 0 Å². The molecule has 0 amide bonds. The van der Waals surface area contributed by atoms with Crippen molar-refractivity contribution >= 4 is 15.9 Å². The van der Waals surface area contributed by atoms with Crippen molar-refractivity contribution in [2.45, 2.75) is 23.7 Å². The van der Waals surface area contributed by atoms with Gasteiger partial charge in [0, 0.05) is 10.9 Å². The number of rotatable bonds is 1. The van der Waals surface area contributed by atoms with E-state index in [0.717, 1.165) is 10.9 Å². The minimum absolute atomic E-state index is 0.836. The Morgan fingerprint density at radius 3 is 2.12 bits per heavy atom. The molecule has 8 heavy (non-hydrogen) atoms. The normalized spacial score (nSPS) is 46.1. The van der Waals surface area contributed by atoms with Gasteiger partial charge in [0.1, 0.15) is 0 Å². The molecule has 0 bridgehead atoms. The third-order valence-electron chi connectivity index (χ3n) is 2.04. The van der Waals surface area contributed by atoms with E-state index < -0.39 is 0 Å².